The van der Waals surface area contributed by atoms with Crippen LogP contribution in [0.1, 0.15) is 18.4 Å². The molecule has 0 spiro atoms. The van der Waals surface area contributed by atoms with Gasteiger partial charge in [-0.3, -0.25) is 0 Å². The lowest BCUT2D eigenvalue weighted by molar-refractivity contribution is 0.00997. The molecule has 0 amide bonds. The quantitative estimate of drug-likeness (QED) is 0.520. The minimum atomic E-state index is 0.349. The summed E-state index contributed by atoms with van der Waals surface area (Å²) >= 11 is 0. The van der Waals surface area contributed by atoms with Crippen LogP contribution in [-0.2, 0) is 16.0 Å². The van der Waals surface area contributed by atoms with Crippen LogP contribution in [0.15, 0.2) is 24.3 Å². The fourth-order valence-electron chi connectivity index (χ4n) is 1.72. The second kappa shape index (κ2) is 8.15. The third-order valence-electron chi connectivity index (χ3n) is 3.09. The zero-order chi connectivity index (χ0) is 13.3. The molecule has 0 aliphatic heterocycles. The van der Waals surface area contributed by atoms with Gasteiger partial charge in [0.25, 0.3) is 0 Å². The molecule has 1 aromatic carbocycles. The average Bonchev–Trinajstić information content (AvgIpc) is 3.25. The van der Waals surface area contributed by atoms with Crippen LogP contribution in [-0.4, -0.2) is 33.7 Å². The zero-order valence-electron chi connectivity index (χ0n) is 11.6. The third-order valence-corrected chi connectivity index (χ3v) is 3.09. The molecule has 1 aliphatic rings. The molecule has 4 heteroatoms. The maximum atomic E-state index is 5.52. The molecule has 0 unspecified atom stereocenters. The van der Waals surface area contributed by atoms with Crippen molar-refractivity contribution in [3.05, 3.63) is 29.8 Å². The molecule has 1 N–H and O–H groups in total. The predicted octanol–water partition coefficient (Wildman–Crippen LogP) is 2.19. The molecule has 0 radical (unpaired) electrons. The van der Waals surface area contributed by atoms with Crippen LogP contribution in [0, 0.1) is 5.92 Å². The van der Waals surface area contributed by atoms with Gasteiger partial charge < -0.3 is 19.5 Å². The largest absolute Gasteiger partial charge is 0.468 e. The number of hydrogen-bond acceptors (Lipinski definition) is 4. The zero-order valence-corrected chi connectivity index (χ0v) is 11.6. The lowest BCUT2D eigenvalue weighted by Crippen LogP contribution is -2.18. The van der Waals surface area contributed by atoms with Gasteiger partial charge in [-0.2, -0.15) is 0 Å². The standard InChI is InChI=1S/C15H23NO3/c1-17-9-8-16-10-13-4-6-15(7-5-13)19-12-18-11-14-2-3-14/h4-7,14,16H,2-3,8-12H2,1H3. The van der Waals surface area contributed by atoms with Crippen LogP contribution in [0.3, 0.4) is 0 Å². The first-order chi connectivity index (χ1) is 9.38. The molecule has 1 aromatic rings. The normalized spacial score (nSPS) is 14.6. The lowest BCUT2D eigenvalue weighted by atomic mass is 10.2. The molecule has 106 valence electrons. The van der Waals surface area contributed by atoms with Gasteiger partial charge in [0.15, 0.2) is 6.79 Å². The molecule has 1 saturated carbocycles. The predicted molar refractivity (Wildman–Crippen MR) is 74.2 cm³/mol. The summed E-state index contributed by atoms with van der Waals surface area (Å²) in [7, 11) is 1.71. The Morgan fingerprint density at radius 1 is 1.21 bits per heavy atom. The number of methoxy groups -OCH3 is 1. The van der Waals surface area contributed by atoms with Crippen molar-refractivity contribution in [3.8, 4) is 5.75 Å². The highest BCUT2D eigenvalue weighted by atomic mass is 16.7. The van der Waals surface area contributed by atoms with Gasteiger partial charge in [0.1, 0.15) is 5.75 Å². The average molecular weight is 265 g/mol. The van der Waals surface area contributed by atoms with E-state index in [0.717, 1.165) is 38.0 Å². The van der Waals surface area contributed by atoms with E-state index < -0.39 is 0 Å². The Morgan fingerprint density at radius 3 is 2.68 bits per heavy atom. The molecule has 1 aliphatic carbocycles. The Morgan fingerprint density at radius 2 is 2.00 bits per heavy atom. The minimum Gasteiger partial charge on any atom is -0.468 e. The Kier molecular flexibility index (Phi) is 6.14. The van der Waals surface area contributed by atoms with E-state index in [4.69, 9.17) is 14.2 Å². The first-order valence-electron chi connectivity index (χ1n) is 6.87. The molecular weight excluding hydrogens is 242 g/mol. The van der Waals surface area contributed by atoms with Crippen LogP contribution in [0.5, 0.6) is 5.75 Å². The molecule has 2 rings (SSSR count). The summed E-state index contributed by atoms with van der Waals surface area (Å²) in [4.78, 5) is 0. The second-order valence-electron chi connectivity index (χ2n) is 4.89. The van der Waals surface area contributed by atoms with Crippen molar-refractivity contribution < 1.29 is 14.2 Å². The Labute approximate surface area is 115 Å². The summed E-state index contributed by atoms with van der Waals surface area (Å²) in [6, 6.07) is 8.09. The number of ether oxygens (including phenoxy) is 3. The van der Waals surface area contributed by atoms with Gasteiger partial charge in [-0.1, -0.05) is 12.1 Å². The van der Waals surface area contributed by atoms with Crippen molar-refractivity contribution in [2.75, 3.05) is 33.7 Å². The van der Waals surface area contributed by atoms with Crippen molar-refractivity contribution >= 4 is 0 Å². The van der Waals surface area contributed by atoms with Crippen molar-refractivity contribution in [1.29, 1.82) is 0 Å². The first kappa shape index (κ1) is 14.3. The third kappa shape index (κ3) is 6.05. The van der Waals surface area contributed by atoms with Gasteiger partial charge in [0.05, 0.1) is 13.2 Å². The summed E-state index contributed by atoms with van der Waals surface area (Å²) in [5.74, 6) is 1.64. The maximum Gasteiger partial charge on any atom is 0.189 e. The van der Waals surface area contributed by atoms with Crippen molar-refractivity contribution in [2.24, 2.45) is 5.92 Å². The minimum absolute atomic E-state index is 0.349. The highest BCUT2D eigenvalue weighted by molar-refractivity contribution is 5.27. The van der Waals surface area contributed by atoms with Crippen LogP contribution >= 0.6 is 0 Å². The van der Waals surface area contributed by atoms with Gasteiger partial charge in [0.2, 0.25) is 0 Å². The summed E-state index contributed by atoms with van der Waals surface area (Å²) in [6.45, 7) is 3.63. The van der Waals surface area contributed by atoms with E-state index in [-0.39, 0.29) is 0 Å². The Hall–Kier alpha value is -1.10. The van der Waals surface area contributed by atoms with E-state index in [1.165, 1.54) is 18.4 Å². The topological polar surface area (TPSA) is 39.7 Å². The monoisotopic (exact) mass is 265 g/mol. The fraction of sp³-hybridized carbons (Fsp3) is 0.600. The van der Waals surface area contributed by atoms with Crippen molar-refractivity contribution in [3.63, 3.8) is 0 Å². The molecule has 0 heterocycles. The molecule has 0 aromatic heterocycles. The van der Waals surface area contributed by atoms with E-state index in [0.29, 0.717) is 6.79 Å². The molecule has 0 saturated heterocycles. The van der Waals surface area contributed by atoms with E-state index >= 15 is 0 Å². The molecule has 19 heavy (non-hydrogen) atoms. The highest BCUT2D eigenvalue weighted by Crippen LogP contribution is 2.28. The number of nitrogens with one attached hydrogen (secondary N) is 1. The van der Waals surface area contributed by atoms with Gasteiger partial charge in [-0.05, 0) is 36.5 Å². The highest BCUT2D eigenvalue weighted by Gasteiger charge is 2.20. The Balaban J connectivity index is 1.59. The number of hydrogen-bond donors (Lipinski definition) is 1. The lowest BCUT2D eigenvalue weighted by Gasteiger charge is -2.08. The summed E-state index contributed by atoms with van der Waals surface area (Å²) < 4.78 is 15.9. The second-order valence-corrected chi connectivity index (χ2v) is 4.89. The van der Waals surface area contributed by atoms with Crippen LogP contribution in [0.4, 0.5) is 0 Å². The van der Waals surface area contributed by atoms with Crippen molar-refractivity contribution in [2.45, 2.75) is 19.4 Å². The van der Waals surface area contributed by atoms with Crippen LogP contribution < -0.4 is 10.1 Å². The van der Waals surface area contributed by atoms with Gasteiger partial charge in [-0.25, -0.2) is 0 Å². The van der Waals surface area contributed by atoms with Gasteiger partial charge >= 0.3 is 0 Å². The molecule has 4 nitrogen and oxygen atoms in total. The smallest absolute Gasteiger partial charge is 0.189 e. The number of rotatable bonds is 10. The first-order valence-corrected chi connectivity index (χ1v) is 6.87. The van der Waals surface area contributed by atoms with Crippen molar-refractivity contribution in [1.82, 2.24) is 5.32 Å². The summed E-state index contributed by atoms with van der Waals surface area (Å²) in [5, 5.41) is 3.30. The number of benzene rings is 1. The Bertz CT molecular complexity index is 349. The maximum absolute atomic E-state index is 5.52. The summed E-state index contributed by atoms with van der Waals surface area (Å²) in [5.41, 5.74) is 1.24. The van der Waals surface area contributed by atoms with E-state index in [1.807, 2.05) is 12.1 Å². The van der Waals surface area contributed by atoms with E-state index in [2.05, 4.69) is 17.4 Å². The molecule has 0 atom stereocenters. The molecular formula is C15H23NO3. The van der Waals surface area contributed by atoms with Gasteiger partial charge in [-0.15, -0.1) is 0 Å². The fourth-order valence-corrected chi connectivity index (χ4v) is 1.72. The van der Waals surface area contributed by atoms with Crippen LogP contribution in [0.25, 0.3) is 0 Å². The molecule has 1 fully saturated rings. The summed E-state index contributed by atoms with van der Waals surface area (Å²) in [6.07, 6.45) is 2.62. The van der Waals surface area contributed by atoms with Crippen LogP contribution in [0.2, 0.25) is 0 Å². The SMILES string of the molecule is COCCNCc1ccc(OCOCC2CC2)cc1. The van der Waals surface area contributed by atoms with E-state index in [9.17, 15) is 0 Å². The van der Waals surface area contributed by atoms with E-state index in [1.54, 1.807) is 7.11 Å². The molecule has 0 bridgehead atoms. The van der Waals surface area contributed by atoms with Gasteiger partial charge in [0, 0.05) is 20.2 Å².